The van der Waals surface area contributed by atoms with Crippen molar-refractivity contribution in [1.29, 1.82) is 0 Å². The Bertz CT molecular complexity index is 464. The van der Waals surface area contributed by atoms with Gasteiger partial charge in [-0.05, 0) is 50.5 Å². The molecule has 0 spiro atoms. The minimum Gasteiger partial charge on any atom is -0.335 e. The normalized spacial score (nSPS) is 22.6. The third kappa shape index (κ3) is 3.53. The minimum absolute atomic E-state index is 0.154. The van der Waals surface area contributed by atoms with Crippen molar-refractivity contribution >= 4 is 6.03 Å². The zero-order chi connectivity index (χ0) is 13.9. The smallest absolute Gasteiger partial charge is 0.317 e. The molecule has 1 heterocycles. The number of urea groups is 1. The highest BCUT2D eigenvalue weighted by Gasteiger charge is 2.28. The van der Waals surface area contributed by atoms with Crippen LogP contribution in [0, 0.1) is 12.8 Å². The van der Waals surface area contributed by atoms with E-state index < -0.39 is 0 Å². The van der Waals surface area contributed by atoms with Gasteiger partial charge in [0, 0.05) is 19.1 Å². The van der Waals surface area contributed by atoms with E-state index in [1.165, 1.54) is 17.5 Å². The first kappa shape index (κ1) is 13.5. The van der Waals surface area contributed by atoms with Crippen molar-refractivity contribution in [3.8, 4) is 0 Å². The lowest BCUT2D eigenvalue weighted by Gasteiger charge is -2.33. The van der Waals surface area contributed by atoms with Crippen LogP contribution in [0.25, 0.3) is 0 Å². The summed E-state index contributed by atoms with van der Waals surface area (Å²) in [7, 11) is 0. The molecule has 1 aliphatic heterocycles. The molecule has 2 amide bonds. The van der Waals surface area contributed by atoms with E-state index in [1.807, 2.05) is 4.90 Å². The lowest BCUT2D eigenvalue weighted by atomic mass is 9.91. The Kier molecular flexibility index (Phi) is 3.95. The van der Waals surface area contributed by atoms with Crippen LogP contribution in [0.3, 0.4) is 0 Å². The molecule has 3 rings (SSSR count). The predicted molar refractivity (Wildman–Crippen MR) is 80.7 cm³/mol. The zero-order valence-electron chi connectivity index (χ0n) is 12.3. The summed E-state index contributed by atoms with van der Waals surface area (Å²) < 4.78 is 0. The second-order valence-corrected chi connectivity index (χ2v) is 6.37. The number of hydrogen-bond donors (Lipinski definition) is 1. The number of likely N-dealkylation sites (tertiary alicyclic amines) is 1. The number of nitrogens with one attached hydrogen (secondary N) is 1. The van der Waals surface area contributed by atoms with Crippen molar-refractivity contribution in [3.05, 3.63) is 35.4 Å². The molecule has 1 atom stereocenters. The first-order chi connectivity index (χ1) is 9.70. The van der Waals surface area contributed by atoms with E-state index in [0.717, 1.165) is 38.8 Å². The molecule has 108 valence electrons. The molecular weight excluding hydrogens is 248 g/mol. The van der Waals surface area contributed by atoms with Crippen molar-refractivity contribution in [2.45, 2.75) is 45.1 Å². The fraction of sp³-hybridized carbons (Fsp3) is 0.588. The van der Waals surface area contributed by atoms with E-state index in [9.17, 15) is 4.79 Å². The Balaban J connectivity index is 1.54. The molecule has 0 bridgehead atoms. The molecule has 1 aromatic carbocycles. The summed E-state index contributed by atoms with van der Waals surface area (Å²) in [5, 5.41) is 3.10. The maximum atomic E-state index is 12.1. The monoisotopic (exact) mass is 272 g/mol. The van der Waals surface area contributed by atoms with Crippen LogP contribution in [0.1, 0.15) is 36.8 Å². The van der Waals surface area contributed by atoms with Crippen molar-refractivity contribution in [2.75, 3.05) is 13.1 Å². The summed E-state index contributed by atoms with van der Waals surface area (Å²) >= 11 is 0. The van der Waals surface area contributed by atoms with Gasteiger partial charge in [0.1, 0.15) is 0 Å². The fourth-order valence-electron chi connectivity index (χ4n) is 2.97. The van der Waals surface area contributed by atoms with Gasteiger partial charge in [0.15, 0.2) is 0 Å². The highest BCUT2D eigenvalue weighted by Crippen LogP contribution is 2.23. The maximum absolute atomic E-state index is 12.1. The number of rotatable bonds is 3. The van der Waals surface area contributed by atoms with Crippen molar-refractivity contribution in [1.82, 2.24) is 10.2 Å². The summed E-state index contributed by atoms with van der Waals surface area (Å²) in [5.41, 5.74) is 2.70. The molecule has 1 saturated heterocycles. The number of hydrogen-bond acceptors (Lipinski definition) is 1. The third-order valence-corrected chi connectivity index (χ3v) is 4.36. The molecule has 3 heteroatoms. The van der Waals surface area contributed by atoms with Gasteiger partial charge in [0.25, 0.3) is 0 Å². The number of nitrogens with zero attached hydrogens (tertiary/aromatic N) is 1. The van der Waals surface area contributed by atoms with Gasteiger partial charge in [0.05, 0.1) is 0 Å². The molecule has 20 heavy (non-hydrogen) atoms. The van der Waals surface area contributed by atoms with Gasteiger partial charge in [-0.3, -0.25) is 0 Å². The zero-order valence-corrected chi connectivity index (χ0v) is 12.3. The minimum atomic E-state index is 0.154. The highest BCUT2D eigenvalue weighted by molar-refractivity contribution is 5.75. The van der Waals surface area contributed by atoms with E-state index >= 15 is 0 Å². The molecular formula is C17H24N2O. The Morgan fingerprint density at radius 3 is 2.70 bits per heavy atom. The molecule has 1 N–H and O–H groups in total. The Morgan fingerprint density at radius 2 is 2.00 bits per heavy atom. The molecule has 3 nitrogen and oxygen atoms in total. The molecule has 1 saturated carbocycles. The Labute approximate surface area is 121 Å². The van der Waals surface area contributed by atoms with E-state index in [1.54, 1.807) is 0 Å². The van der Waals surface area contributed by atoms with E-state index in [4.69, 9.17) is 0 Å². The van der Waals surface area contributed by atoms with Crippen LogP contribution in [-0.2, 0) is 6.42 Å². The number of benzene rings is 1. The van der Waals surface area contributed by atoms with Crippen LogP contribution >= 0.6 is 0 Å². The van der Waals surface area contributed by atoms with Gasteiger partial charge in [-0.25, -0.2) is 4.79 Å². The molecule has 1 aromatic rings. The first-order valence-corrected chi connectivity index (χ1v) is 7.82. The summed E-state index contributed by atoms with van der Waals surface area (Å²) in [6.45, 7) is 3.95. The molecule has 0 unspecified atom stereocenters. The largest absolute Gasteiger partial charge is 0.335 e. The van der Waals surface area contributed by atoms with Crippen molar-refractivity contribution in [3.63, 3.8) is 0 Å². The summed E-state index contributed by atoms with van der Waals surface area (Å²) in [6, 6.07) is 9.41. The van der Waals surface area contributed by atoms with Gasteiger partial charge in [-0.2, -0.15) is 0 Å². The maximum Gasteiger partial charge on any atom is 0.317 e. The summed E-state index contributed by atoms with van der Waals surface area (Å²) in [5.74, 6) is 0.608. The lowest BCUT2D eigenvalue weighted by molar-refractivity contribution is 0.165. The van der Waals surface area contributed by atoms with E-state index in [0.29, 0.717) is 12.0 Å². The quantitative estimate of drug-likeness (QED) is 0.901. The van der Waals surface area contributed by atoms with Crippen LogP contribution in [0.5, 0.6) is 0 Å². The number of piperidine rings is 1. The number of carbonyl (C=O) groups excluding carboxylic acids is 1. The van der Waals surface area contributed by atoms with E-state index in [-0.39, 0.29) is 6.03 Å². The van der Waals surface area contributed by atoms with Crippen LogP contribution in [0.15, 0.2) is 24.3 Å². The van der Waals surface area contributed by atoms with Gasteiger partial charge in [-0.15, -0.1) is 0 Å². The van der Waals surface area contributed by atoms with Crippen LogP contribution in [-0.4, -0.2) is 30.1 Å². The standard InChI is InChI=1S/C17H24N2O/c1-13-4-6-14(7-5-13)11-15-3-2-10-19(12-15)17(20)18-16-8-9-16/h4-7,15-16H,2-3,8-12H2,1H3,(H,18,20)/t15-/m0/s1. The van der Waals surface area contributed by atoms with Crippen LogP contribution < -0.4 is 5.32 Å². The van der Waals surface area contributed by atoms with Gasteiger partial charge in [0.2, 0.25) is 0 Å². The van der Waals surface area contributed by atoms with Gasteiger partial charge >= 0.3 is 6.03 Å². The number of aryl methyl sites for hydroxylation is 1. The summed E-state index contributed by atoms with van der Waals surface area (Å²) in [6.07, 6.45) is 5.78. The molecule has 1 aliphatic carbocycles. The topological polar surface area (TPSA) is 32.3 Å². The van der Waals surface area contributed by atoms with Gasteiger partial charge in [-0.1, -0.05) is 29.8 Å². The Hall–Kier alpha value is -1.51. The van der Waals surface area contributed by atoms with Crippen LogP contribution in [0.2, 0.25) is 0 Å². The van der Waals surface area contributed by atoms with Gasteiger partial charge < -0.3 is 10.2 Å². The van der Waals surface area contributed by atoms with Crippen molar-refractivity contribution < 1.29 is 4.79 Å². The molecule has 2 aliphatic rings. The number of amides is 2. The Morgan fingerprint density at radius 1 is 1.25 bits per heavy atom. The lowest BCUT2D eigenvalue weighted by Crippen LogP contribution is -2.46. The highest BCUT2D eigenvalue weighted by atomic mass is 16.2. The summed E-state index contributed by atoms with van der Waals surface area (Å²) in [4.78, 5) is 14.1. The average molecular weight is 272 g/mol. The fourth-order valence-corrected chi connectivity index (χ4v) is 2.97. The predicted octanol–water partition coefficient (Wildman–Crippen LogP) is 3.12. The molecule has 0 radical (unpaired) electrons. The molecule has 2 fully saturated rings. The van der Waals surface area contributed by atoms with Crippen LogP contribution in [0.4, 0.5) is 4.79 Å². The third-order valence-electron chi connectivity index (χ3n) is 4.36. The first-order valence-electron chi connectivity index (χ1n) is 7.82. The van der Waals surface area contributed by atoms with E-state index in [2.05, 4.69) is 36.5 Å². The number of carbonyl (C=O) groups is 1. The average Bonchev–Trinajstić information content (AvgIpc) is 3.26. The molecule has 0 aromatic heterocycles. The second-order valence-electron chi connectivity index (χ2n) is 6.37. The van der Waals surface area contributed by atoms with Crippen molar-refractivity contribution in [2.24, 2.45) is 5.92 Å². The SMILES string of the molecule is Cc1ccc(C[C@@H]2CCCN(C(=O)NC3CC3)C2)cc1. The second kappa shape index (κ2) is 5.86.